The van der Waals surface area contributed by atoms with Crippen LogP contribution in [0.2, 0.25) is 0 Å². The van der Waals surface area contributed by atoms with Crippen LogP contribution < -0.4 is 5.32 Å². The van der Waals surface area contributed by atoms with Gasteiger partial charge in [0.05, 0.1) is 0 Å². The van der Waals surface area contributed by atoms with Crippen molar-refractivity contribution < 1.29 is 0 Å². The fourth-order valence-corrected chi connectivity index (χ4v) is 3.10. The van der Waals surface area contributed by atoms with Crippen LogP contribution >= 0.6 is 0 Å². The molecule has 1 saturated heterocycles. The predicted octanol–water partition coefficient (Wildman–Crippen LogP) is 2.28. The first-order valence-corrected chi connectivity index (χ1v) is 6.74. The fourth-order valence-electron chi connectivity index (χ4n) is 3.10. The largest absolute Gasteiger partial charge is 0.388 e. The van der Waals surface area contributed by atoms with Crippen molar-refractivity contribution in [2.24, 2.45) is 5.92 Å². The van der Waals surface area contributed by atoms with E-state index in [9.17, 15) is 0 Å². The van der Waals surface area contributed by atoms with E-state index in [1.807, 2.05) is 7.05 Å². The summed E-state index contributed by atoms with van der Waals surface area (Å²) in [5, 5.41) is 3.23. The van der Waals surface area contributed by atoms with Gasteiger partial charge in [0.2, 0.25) is 0 Å². The number of nitrogens with one attached hydrogen (secondary N) is 1. The minimum absolute atomic E-state index is 0.517. The van der Waals surface area contributed by atoms with E-state index in [1.165, 1.54) is 30.8 Å². The molecule has 0 aliphatic carbocycles. The predicted molar refractivity (Wildman–Crippen MR) is 78.0 cm³/mol. The van der Waals surface area contributed by atoms with Crippen LogP contribution in [-0.4, -0.2) is 51.1 Å². The van der Waals surface area contributed by atoms with Crippen LogP contribution in [0.3, 0.4) is 0 Å². The third kappa shape index (κ3) is 2.85. The van der Waals surface area contributed by atoms with Gasteiger partial charge in [0.25, 0.3) is 0 Å². The summed E-state index contributed by atoms with van der Waals surface area (Å²) in [5.41, 5.74) is 2.62. The summed E-state index contributed by atoms with van der Waals surface area (Å²) in [4.78, 5) is 4.79. The normalized spacial score (nSPS) is 22.4. The van der Waals surface area contributed by atoms with Crippen LogP contribution in [0.15, 0.2) is 24.3 Å². The van der Waals surface area contributed by atoms with Crippen molar-refractivity contribution in [1.82, 2.24) is 9.80 Å². The molecule has 2 rings (SSSR count). The van der Waals surface area contributed by atoms with Gasteiger partial charge in [-0.25, -0.2) is 0 Å². The molecule has 18 heavy (non-hydrogen) atoms. The molecule has 0 spiro atoms. The standard InChI is InChI=1S/C15H25N3/c1-16-14-7-5-6-12(10-14)15(17(2)3)13-8-9-18(4)11-13/h5-7,10,13,15-16H,8-9,11H2,1-4H3. The third-order valence-electron chi connectivity index (χ3n) is 3.95. The molecule has 0 bridgehead atoms. The lowest BCUT2D eigenvalue weighted by Crippen LogP contribution is -2.29. The first kappa shape index (κ1) is 13.4. The van der Waals surface area contributed by atoms with Crippen molar-refractivity contribution in [3.05, 3.63) is 29.8 Å². The van der Waals surface area contributed by atoms with Crippen LogP contribution in [0, 0.1) is 5.92 Å². The summed E-state index contributed by atoms with van der Waals surface area (Å²) in [6, 6.07) is 9.32. The van der Waals surface area contributed by atoms with Crippen molar-refractivity contribution in [2.45, 2.75) is 12.5 Å². The van der Waals surface area contributed by atoms with E-state index in [-0.39, 0.29) is 0 Å². The van der Waals surface area contributed by atoms with Gasteiger partial charge in [-0.2, -0.15) is 0 Å². The number of hydrogen-bond acceptors (Lipinski definition) is 3. The van der Waals surface area contributed by atoms with E-state index in [2.05, 4.69) is 60.5 Å². The van der Waals surface area contributed by atoms with Gasteiger partial charge in [-0.05, 0) is 57.7 Å². The van der Waals surface area contributed by atoms with Gasteiger partial charge >= 0.3 is 0 Å². The van der Waals surface area contributed by atoms with E-state index in [4.69, 9.17) is 0 Å². The topological polar surface area (TPSA) is 18.5 Å². The van der Waals surface area contributed by atoms with Gasteiger partial charge in [0.1, 0.15) is 0 Å². The Bertz CT molecular complexity index is 389. The molecule has 1 N–H and O–H groups in total. The second-order valence-corrected chi connectivity index (χ2v) is 5.59. The number of rotatable bonds is 4. The SMILES string of the molecule is CNc1cccc(C(C2CCN(C)C2)N(C)C)c1. The average molecular weight is 247 g/mol. The average Bonchev–Trinajstić information content (AvgIpc) is 2.75. The highest BCUT2D eigenvalue weighted by Crippen LogP contribution is 2.33. The van der Waals surface area contributed by atoms with Gasteiger partial charge < -0.3 is 15.1 Å². The quantitative estimate of drug-likeness (QED) is 0.880. The Morgan fingerprint density at radius 1 is 1.39 bits per heavy atom. The van der Waals surface area contributed by atoms with Crippen molar-refractivity contribution in [2.75, 3.05) is 46.6 Å². The number of nitrogens with zero attached hydrogens (tertiary/aromatic N) is 2. The lowest BCUT2D eigenvalue weighted by Gasteiger charge is -2.30. The van der Waals surface area contributed by atoms with Crippen LogP contribution in [-0.2, 0) is 0 Å². The van der Waals surface area contributed by atoms with E-state index in [0.29, 0.717) is 6.04 Å². The third-order valence-corrected chi connectivity index (χ3v) is 3.95. The molecule has 1 heterocycles. The smallest absolute Gasteiger partial charge is 0.0383 e. The maximum atomic E-state index is 3.23. The fraction of sp³-hybridized carbons (Fsp3) is 0.600. The van der Waals surface area contributed by atoms with Crippen LogP contribution in [0.4, 0.5) is 5.69 Å². The molecule has 0 radical (unpaired) electrons. The maximum absolute atomic E-state index is 3.23. The number of benzene rings is 1. The minimum atomic E-state index is 0.517. The summed E-state index contributed by atoms with van der Waals surface area (Å²) in [5.74, 6) is 0.733. The first-order chi connectivity index (χ1) is 8.61. The molecule has 0 amide bonds. The Morgan fingerprint density at radius 3 is 2.72 bits per heavy atom. The molecule has 3 heteroatoms. The van der Waals surface area contributed by atoms with E-state index < -0.39 is 0 Å². The van der Waals surface area contributed by atoms with Gasteiger partial charge in [-0.3, -0.25) is 0 Å². The van der Waals surface area contributed by atoms with Crippen LogP contribution in [0.5, 0.6) is 0 Å². The molecule has 1 aromatic rings. The van der Waals surface area contributed by atoms with Gasteiger partial charge in [-0.15, -0.1) is 0 Å². The number of likely N-dealkylation sites (tertiary alicyclic amines) is 1. The highest BCUT2D eigenvalue weighted by atomic mass is 15.2. The Labute approximate surface area is 111 Å². The molecule has 1 aromatic carbocycles. The molecule has 2 atom stereocenters. The summed E-state index contributed by atoms with van der Waals surface area (Å²) >= 11 is 0. The molecule has 1 fully saturated rings. The van der Waals surface area contributed by atoms with Gasteiger partial charge in [0, 0.05) is 25.3 Å². The number of anilines is 1. The Kier molecular flexibility index (Phi) is 4.25. The first-order valence-electron chi connectivity index (χ1n) is 6.74. The molecule has 1 aliphatic rings. The molecule has 0 saturated carbocycles. The zero-order valence-electron chi connectivity index (χ0n) is 12.0. The monoisotopic (exact) mass is 247 g/mol. The second-order valence-electron chi connectivity index (χ2n) is 5.59. The van der Waals surface area contributed by atoms with Crippen molar-refractivity contribution >= 4 is 5.69 Å². The Balaban J connectivity index is 2.23. The summed E-state index contributed by atoms with van der Waals surface area (Å²) in [6.45, 7) is 2.42. The lowest BCUT2D eigenvalue weighted by molar-refractivity contribution is 0.213. The van der Waals surface area contributed by atoms with Crippen molar-refractivity contribution in [3.63, 3.8) is 0 Å². The van der Waals surface area contributed by atoms with E-state index >= 15 is 0 Å². The molecular weight excluding hydrogens is 222 g/mol. The van der Waals surface area contributed by atoms with Crippen molar-refractivity contribution in [1.29, 1.82) is 0 Å². The molecular formula is C15H25N3. The highest BCUT2D eigenvalue weighted by Gasteiger charge is 2.30. The van der Waals surface area contributed by atoms with Crippen molar-refractivity contribution in [3.8, 4) is 0 Å². The minimum Gasteiger partial charge on any atom is -0.388 e. The van der Waals surface area contributed by atoms with Gasteiger partial charge in [0.15, 0.2) is 0 Å². The molecule has 2 unspecified atom stereocenters. The van der Waals surface area contributed by atoms with E-state index in [1.54, 1.807) is 0 Å². The zero-order valence-corrected chi connectivity index (χ0v) is 12.0. The van der Waals surface area contributed by atoms with Gasteiger partial charge in [-0.1, -0.05) is 12.1 Å². The maximum Gasteiger partial charge on any atom is 0.0383 e. The summed E-state index contributed by atoms with van der Waals surface area (Å²) in [6.07, 6.45) is 1.29. The zero-order chi connectivity index (χ0) is 13.1. The lowest BCUT2D eigenvalue weighted by atomic mass is 9.91. The summed E-state index contributed by atoms with van der Waals surface area (Å²) in [7, 11) is 8.58. The molecule has 1 aliphatic heterocycles. The van der Waals surface area contributed by atoms with Crippen LogP contribution in [0.1, 0.15) is 18.0 Å². The summed E-state index contributed by atoms with van der Waals surface area (Å²) < 4.78 is 0. The Hall–Kier alpha value is -1.06. The molecule has 0 aromatic heterocycles. The second kappa shape index (κ2) is 5.72. The highest BCUT2D eigenvalue weighted by molar-refractivity contribution is 5.46. The van der Waals surface area contributed by atoms with Crippen LogP contribution in [0.25, 0.3) is 0 Å². The van der Waals surface area contributed by atoms with E-state index in [0.717, 1.165) is 5.92 Å². The Morgan fingerprint density at radius 2 is 2.17 bits per heavy atom. The molecule has 100 valence electrons. The number of hydrogen-bond donors (Lipinski definition) is 1. The molecule has 3 nitrogen and oxygen atoms in total.